The Morgan fingerprint density at radius 2 is 0.736 bits per heavy atom. The smallest absolute Gasteiger partial charge is 0.159 e. The van der Waals surface area contributed by atoms with Crippen molar-refractivity contribution in [1.29, 1.82) is 0 Å². The SMILES string of the molecule is c1ccc(-c2cccc(-c3c(N(c4cccc5c4oc4ccccc45)c4cccc5c4oc4ccccc45)c4ccccc4c4ccccc34)c2)cc1. The zero-order valence-corrected chi connectivity index (χ0v) is 28.7. The average Bonchev–Trinajstić information content (AvgIpc) is 3.81. The molecule has 9 aromatic carbocycles. The summed E-state index contributed by atoms with van der Waals surface area (Å²) in [7, 11) is 0. The highest BCUT2D eigenvalue weighted by molar-refractivity contribution is 6.24. The normalized spacial score (nSPS) is 11.8. The third-order valence-corrected chi connectivity index (χ3v) is 10.6. The fraction of sp³-hybridized carbons (Fsp3) is 0. The van der Waals surface area contributed by atoms with Crippen LogP contribution in [0.3, 0.4) is 0 Å². The summed E-state index contributed by atoms with van der Waals surface area (Å²) in [5.74, 6) is 0. The Morgan fingerprint density at radius 3 is 1.36 bits per heavy atom. The number of para-hydroxylation sites is 4. The third kappa shape index (κ3) is 4.54. The second-order valence-electron chi connectivity index (χ2n) is 13.6. The summed E-state index contributed by atoms with van der Waals surface area (Å²) < 4.78 is 13.7. The van der Waals surface area contributed by atoms with Crippen molar-refractivity contribution in [2.75, 3.05) is 4.90 Å². The van der Waals surface area contributed by atoms with Gasteiger partial charge in [-0.2, -0.15) is 0 Å². The molecule has 2 aromatic heterocycles. The summed E-state index contributed by atoms with van der Waals surface area (Å²) in [4.78, 5) is 2.40. The lowest BCUT2D eigenvalue weighted by Crippen LogP contribution is -2.13. The van der Waals surface area contributed by atoms with Crippen LogP contribution in [0, 0.1) is 0 Å². The van der Waals surface area contributed by atoms with E-state index in [1.54, 1.807) is 0 Å². The maximum Gasteiger partial charge on any atom is 0.159 e. The lowest BCUT2D eigenvalue weighted by atomic mass is 9.88. The summed E-state index contributed by atoms with van der Waals surface area (Å²) in [5, 5.41) is 9.00. The van der Waals surface area contributed by atoms with Crippen molar-refractivity contribution in [3.8, 4) is 22.3 Å². The highest BCUT2D eigenvalue weighted by Gasteiger charge is 2.28. The monoisotopic (exact) mass is 677 g/mol. The first-order chi connectivity index (χ1) is 26.3. The van der Waals surface area contributed by atoms with E-state index < -0.39 is 0 Å². The first-order valence-electron chi connectivity index (χ1n) is 18.0. The molecule has 0 bridgehead atoms. The molecule has 0 N–H and O–H groups in total. The molecule has 11 aromatic rings. The van der Waals surface area contributed by atoms with Crippen molar-refractivity contribution >= 4 is 82.5 Å². The van der Waals surface area contributed by atoms with Crippen LogP contribution in [-0.2, 0) is 0 Å². The van der Waals surface area contributed by atoms with Crippen molar-refractivity contribution in [1.82, 2.24) is 0 Å². The number of hydrogen-bond acceptors (Lipinski definition) is 3. The minimum atomic E-state index is 0.822. The van der Waals surface area contributed by atoms with E-state index in [1.165, 1.54) is 21.7 Å². The van der Waals surface area contributed by atoms with Crippen LogP contribution >= 0.6 is 0 Å². The average molecular weight is 678 g/mol. The summed E-state index contributed by atoms with van der Waals surface area (Å²) in [5.41, 5.74) is 10.9. The maximum absolute atomic E-state index is 6.83. The molecule has 0 aliphatic heterocycles. The van der Waals surface area contributed by atoms with Gasteiger partial charge in [0.2, 0.25) is 0 Å². The maximum atomic E-state index is 6.83. The minimum absolute atomic E-state index is 0.822. The van der Waals surface area contributed by atoms with Gasteiger partial charge in [0.1, 0.15) is 11.2 Å². The molecule has 2 heterocycles. The molecule has 3 nitrogen and oxygen atoms in total. The Bertz CT molecular complexity index is 3070. The van der Waals surface area contributed by atoms with Gasteiger partial charge < -0.3 is 13.7 Å². The van der Waals surface area contributed by atoms with Gasteiger partial charge >= 0.3 is 0 Å². The van der Waals surface area contributed by atoms with Gasteiger partial charge in [-0.25, -0.2) is 0 Å². The Kier molecular flexibility index (Phi) is 6.55. The molecule has 3 heteroatoms. The van der Waals surface area contributed by atoms with Crippen LogP contribution in [0.1, 0.15) is 0 Å². The molecule has 0 aliphatic rings. The van der Waals surface area contributed by atoms with Crippen molar-refractivity contribution in [2.45, 2.75) is 0 Å². The number of nitrogens with zero attached hydrogens (tertiary/aromatic N) is 1. The zero-order chi connectivity index (χ0) is 34.9. The Hall–Kier alpha value is -7.10. The number of fused-ring (bicyclic) bond motifs is 9. The predicted octanol–water partition coefficient (Wildman–Crippen LogP) is 14.6. The molecule has 0 saturated carbocycles. The van der Waals surface area contributed by atoms with Crippen LogP contribution in [0.2, 0.25) is 0 Å². The molecule has 0 fully saturated rings. The molecule has 0 amide bonds. The van der Waals surface area contributed by atoms with E-state index in [-0.39, 0.29) is 0 Å². The first kappa shape index (κ1) is 29.6. The Morgan fingerprint density at radius 1 is 0.302 bits per heavy atom. The topological polar surface area (TPSA) is 29.5 Å². The molecule has 0 radical (unpaired) electrons. The van der Waals surface area contributed by atoms with Gasteiger partial charge in [0.05, 0.1) is 17.1 Å². The Labute approximate surface area is 305 Å². The highest BCUT2D eigenvalue weighted by Crippen LogP contribution is 2.53. The zero-order valence-electron chi connectivity index (χ0n) is 28.7. The van der Waals surface area contributed by atoms with Crippen LogP contribution in [0.15, 0.2) is 197 Å². The van der Waals surface area contributed by atoms with E-state index in [0.717, 1.165) is 83.0 Å². The third-order valence-electron chi connectivity index (χ3n) is 10.6. The van der Waals surface area contributed by atoms with Gasteiger partial charge in [0, 0.05) is 32.5 Å². The summed E-state index contributed by atoms with van der Waals surface area (Å²) in [6.45, 7) is 0. The summed E-state index contributed by atoms with van der Waals surface area (Å²) in [6.07, 6.45) is 0. The van der Waals surface area contributed by atoms with E-state index >= 15 is 0 Å². The van der Waals surface area contributed by atoms with Gasteiger partial charge in [-0.1, -0.05) is 158 Å². The molecule has 0 spiro atoms. The first-order valence-corrected chi connectivity index (χ1v) is 18.0. The lowest BCUT2D eigenvalue weighted by Gasteiger charge is -2.30. The van der Waals surface area contributed by atoms with Gasteiger partial charge in [-0.05, 0) is 63.2 Å². The highest BCUT2D eigenvalue weighted by atomic mass is 16.3. The van der Waals surface area contributed by atoms with Crippen molar-refractivity contribution in [2.24, 2.45) is 0 Å². The lowest BCUT2D eigenvalue weighted by molar-refractivity contribution is 0.666. The molecule has 248 valence electrons. The van der Waals surface area contributed by atoms with Crippen LogP contribution < -0.4 is 4.90 Å². The van der Waals surface area contributed by atoms with Crippen LogP contribution in [0.5, 0.6) is 0 Å². The van der Waals surface area contributed by atoms with E-state index in [4.69, 9.17) is 8.83 Å². The van der Waals surface area contributed by atoms with Crippen LogP contribution in [0.4, 0.5) is 17.1 Å². The number of hydrogen-bond donors (Lipinski definition) is 0. The molecule has 0 aliphatic carbocycles. The van der Waals surface area contributed by atoms with Crippen molar-refractivity contribution < 1.29 is 8.83 Å². The van der Waals surface area contributed by atoms with E-state index in [2.05, 4.69) is 181 Å². The summed E-state index contributed by atoms with van der Waals surface area (Å²) >= 11 is 0. The standard InChI is InChI=1S/C50H31NO2/c1-2-15-32(16-3-1)33-17-12-18-34(31-33)47-39-23-6-4-19-35(39)36-20-5-7-24-40(36)48(47)51(43-27-13-25-41-37-21-8-10-29-45(37)52-49(41)43)44-28-14-26-42-38-22-9-11-30-46(38)53-50(42)44/h1-31H. The molecule has 11 rings (SSSR count). The molecular formula is C50H31NO2. The predicted molar refractivity (Wildman–Crippen MR) is 222 cm³/mol. The number of benzene rings is 9. The summed E-state index contributed by atoms with van der Waals surface area (Å²) in [6, 6.07) is 66.7. The van der Waals surface area contributed by atoms with Crippen molar-refractivity contribution in [3.63, 3.8) is 0 Å². The molecule has 0 unspecified atom stereocenters. The molecule has 53 heavy (non-hydrogen) atoms. The van der Waals surface area contributed by atoms with E-state index in [0.29, 0.717) is 0 Å². The van der Waals surface area contributed by atoms with Gasteiger partial charge in [0.25, 0.3) is 0 Å². The van der Waals surface area contributed by atoms with Gasteiger partial charge in [-0.15, -0.1) is 0 Å². The minimum Gasteiger partial charge on any atom is -0.454 e. The number of anilines is 3. The fourth-order valence-electron chi connectivity index (χ4n) is 8.32. The largest absolute Gasteiger partial charge is 0.454 e. The van der Waals surface area contributed by atoms with E-state index in [1.807, 2.05) is 12.1 Å². The second kappa shape index (κ2) is 11.7. The quantitative estimate of drug-likeness (QED) is 0.170. The van der Waals surface area contributed by atoms with Crippen molar-refractivity contribution in [3.05, 3.63) is 188 Å². The number of furan rings is 2. The fourth-order valence-corrected chi connectivity index (χ4v) is 8.32. The van der Waals surface area contributed by atoms with Gasteiger partial charge in [-0.3, -0.25) is 0 Å². The molecule has 0 saturated heterocycles. The van der Waals surface area contributed by atoms with Crippen LogP contribution in [0.25, 0.3) is 87.7 Å². The van der Waals surface area contributed by atoms with Crippen LogP contribution in [-0.4, -0.2) is 0 Å². The second-order valence-corrected chi connectivity index (χ2v) is 13.6. The van der Waals surface area contributed by atoms with Gasteiger partial charge in [0.15, 0.2) is 11.2 Å². The number of rotatable bonds is 5. The van der Waals surface area contributed by atoms with E-state index in [9.17, 15) is 0 Å². The molecule has 0 atom stereocenters. The molecular weight excluding hydrogens is 647 g/mol. The Balaban J connectivity index is 1.34.